The molecule has 0 aromatic heterocycles. The second-order valence-electron chi connectivity index (χ2n) is 4.99. The van der Waals surface area contributed by atoms with Crippen molar-refractivity contribution < 1.29 is 23.9 Å². The Hall–Kier alpha value is -2.37. The maximum Gasteiger partial charge on any atom is 0.328 e. The lowest BCUT2D eigenvalue weighted by molar-refractivity contribution is -0.148. The summed E-state index contributed by atoms with van der Waals surface area (Å²) < 4.78 is 9.28. The molecule has 0 radical (unpaired) electrons. The smallest absolute Gasteiger partial charge is 0.328 e. The molecule has 1 amide bonds. The second kappa shape index (κ2) is 8.81. The minimum atomic E-state index is -0.889. The molecule has 0 saturated carbocycles. The first-order valence-electron chi connectivity index (χ1n) is 6.95. The Labute approximate surface area is 129 Å². The van der Waals surface area contributed by atoms with E-state index in [1.54, 1.807) is 6.92 Å². The fourth-order valence-electron chi connectivity index (χ4n) is 2.03. The number of hydrogen-bond acceptors (Lipinski definition) is 5. The SMILES string of the molecule is COC(=O)C[C@@H](C)[C@H](NC(=O)Cc1ccccc1)C(=O)OC. The van der Waals surface area contributed by atoms with E-state index in [2.05, 4.69) is 10.1 Å². The first-order valence-corrected chi connectivity index (χ1v) is 6.95. The number of benzene rings is 1. The number of amides is 1. The van der Waals surface area contributed by atoms with Crippen LogP contribution in [0.2, 0.25) is 0 Å². The monoisotopic (exact) mass is 307 g/mol. The number of rotatable bonds is 7. The van der Waals surface area contributed by atoms with Gasteiger partial charge in [0.05, 0.1) is 27.1 Å². The van der Waals surface area contributed by atoms with Gasteiger partial charge in [0.25, 0.3) is 0 Å². The van der Waals surface area contributed by atoms with Gasteiger partial charge < -0.3 is 14.8 Å². The zero-order valence-corrected chi connectivity index (χ0v) is 13.0. The molecule has 22 heavy (non-hydrogen) atoms. The highest BCUT2D eigenvalue weighted by atomic mass is 16.5. The van der Waals surface area contributed by atoms with Crippen molar-refractivity contribution in [2.45, 2.75) is 25.8 Å². The summed E-state index contributed by atoms with van der Waals surface area (Å²) in [5.74, 6) is -1.77. The lowest BCUT2D eigenvalue weighted by Crippen LogP contribution is -2.46. The highest BCUT2D eigenvalue weighted by Crippen LogP contribution is 2.11. The van der Waals surface area contributed by atoms with Crippen molar-refractivity contribution in [3.05, 3.63) is 35.9 Å². The first-order chi connectivity index (χ1) is 10.5. The van der Waals surface area contributed by atoms with Crippen LogP contribution in [-0.4, -0.2) is 38.1 Å². The van der Waals surface area contributed by atoms with Crippen LogP contribution in [0.4, 0.5) is 0 Å². The molecule has 1 aromatic rings. The molecule has 1 N–H and O–H groups in total. The number of nitrogens with one attached hydrogen (secondary N) is 1. The minimum absolute atomic E-state index is 0.0158. The van der Waals surface area contributed by atoms with Gasteiger partial charge in [-0.2, -0.15) is 0 Å². The highest BCUT2D eigenvalue weighted by molar-refractivity contribution is 5.86. The summed E-state index contributed by atoms with van der Waals surface area (Å²) >= 11 is 0. The lowest BCUT2D eigenvalue weighted by atomic mass is 9.98. The van der Waals surface area contributed by atoms with Crippen LogP contribution < -0.4 is 5.32 Å². The van der Waals surface area contributed by atoms with E-state index in [4.69, 9.17) is 4.74 Å². The molecule has 120 valence electrons. The van der Waals surface area contributed by atoms with Crippen molar-refractivity contribution in [1.82, 2.24) is 5.32 Å². The molecule has 0 bridgehead atoms. The van der Waals surface area contributed by atoms with Gasteiger partial charge in [-0.15, -0.1) is 0 Å². The normalized spacial score (nSPS) is 12.9. The molecule has 0 aliphatic rings. The minimum Gasteiger partial charge on any atom is -0.469 e. The molecule has 0 aliphatic heterocycles. The molecule has 6 nitrogen and oxygen atoms in total. The van der Waals surface area contributed by atoms with Crippen LogP contribution in [0.5, 0.6) is 0 Å². The van der Waals surface area contributed by atoms with Crippen molar-refractivity contribution in [2.75, 3.05) is 14.2 Å². The van der Waals surface area contributed by atoms with Gasteiger partial charge in [-0.3, -0.25) is 9.59 Å². The molecule has 6 heteroatoms. The summed E-state index contributed by atoms with van der Waals surface area (Å²) in [6.45, 7) is 1.68. The Bertz CT molecular complexity index is 515. The van der Waals surface area contributed by atoms with Crippen LogP contribution in [0.15, 0.2) is 30.3 Å². The summed E-state index contributed by atoms with van der Waals surface area (Å²) in [5, 5.41) is 2.62. The van der Waals surface area contributed by atoms with Crippen molar-refractivity contribution in [3.8, 4) is 0 Å². The zero-order valence-electron chi connectivity index (χ0n) is 13.0. The second-order valence-corrected chi connectivity index (χ2v) is 4.99. The van der Waals surface area contributed by atoms with Crippen LogP contribution in [0.1, 0.15) is 18.9 Å². The number of esters is 2. The van der Waals surface area contributed by atoms with E-state index >= 15 is 0 Å². The van der Waals surface area contributed by atoms with E-state index in [9.17, 15) is 14.4 Å². The number of carbonyl (C=O) groups is 3. The van der Waals surface area contributed by atoms with Gasteiger partial charge in [-0.25, -0.2) is 4.79 Å². The quantitative estimate of drug-likeness (QED) is 0.763. The molecule has 0 heterocycles. The Morgan fingerprint density at radius 2 is 1.73 bits per heavy atom. The maximum atomic E-state index is 12.1. The fourth-order valence-corrected chi connectivity index (χ4v) is 2.03. The summed E-state index contributed by atoms with van der Waals surface area (Å²) in [6, 6.07) is 8.28. The molecule has 0 fully saturated rings. The summed E-state index contributed by atoms with van der Waals surface area (Å²) in [7, 11) is 2.51. The van der Waals surface area contributed by atoms with Crippen LogP contribution in [0, 0.1) is 5.92 Å². The summed E-state index contributed by atoms with van der Waals surface area (Å²) in [4.78, 5) is 35.2. The number of methoxy groups -OCH3 is 2. The fraction of sp³-hybridized carbons (Fsp3) is 0.438. The van der Waals surface area contributed by atoms with Crippen LogP contribution >= 0.6 is 0 Å². The van der Waals surface area contributed by atoms with E-state index in [0.29, 0.717) is 0 Å². The molecular formula is C16H21NO5. The molecule has 0 saturated heterocycles. The largest absolute Gasteiger partial charge is 0.469 e. The van der Waals surface area contributed by atoms with Crippen LogP contribution in [0.3, 0.4) is 0 Å². The maximum absolute atomic E-state index is 12.1. The van der Waals surface area contributed by atoms with E-state index in [1.165, 1.54) is 14.2 Å². The summed E-state index contributed by atoms with van der Waals surface area (Å²) in [6.07, 6.45) is 0.168. The highest BCUT2D eigenvalue weighted by Gasteiger charge is 2.29. The third-order valence-corrected chi connectivity index (χ3v) is 3.26. The Morgan fingerprint density at radius 3 is 2.27 bits per heavy atom. The lowest BCUT2D eigenvalue weighted by Gasteiger charge is -2.22. The average molecular weight is 307 g/mol. The zero-order chi connectivity index (χ0) is 16.5. The van der Waals surface area contributed by atoms with Crippen LogP contribution in [0.25, 0.3) is 0 Å². The van der Waals surface area contributed by atoms with Gasteiger partial charge in [-0.1, -0.05) is 37.3 Å². The third-order valence-electron chi connectivity index (χ3n) is 3.26. The molecular weight excluding hydrogens is 286 g/mol. The molecule has 1 aromatic carbocycles. The van der Waals surface area contributed by atoms with E-state index in [-0.39, 0.29) is 18.7 Å². The van der Waals surface area contributed by atoms with Gasteiger partial charge in [0.1, 0.15) is 6.04 Å². The van der Waals surface area contributed by atoms with Crippen molar-refractivity contribution >= 4 is 17.8 Å². The number of hydrogen-bond donors (Lipinski definition) is 1. The molecule has 2 atom stereocenters. The third kappa shape index (κ3) is 5.55. The van der Waals surface area contributed by atoms with E-state index in [1.807, 2.05) is 30.3 Å². The van der Waals surface area contributed by atoms with Crippen LogP contribution in [-0.2, 0) is 30.3 Å². The first kappa shape index (κ1) is 17.7. The van der Waals surface area contributed by atoms with Gasteiger partial charge in [-0.05, 0) is 11.5 Å². The standard InChI is InChI=1S/C16H21NO5/c1-11(9-14(19)21-2)15(16(20)22-3)17-13(18)10-12-7-5-4-6-8-12/h4-8,11,15H,9-10H2,1-3H3,(H,17,18)/t11-,15+/m1/s1. The Morgan fingerprint density at radius 1 is 1.09 bits per heavy atom. The predicted molar refractivity (Wildman–Crippen MR) is 79.9 cm³/mol. The van der Waals surface area contributed by atoms with E-state index < -0.39 is 23.9 Å². The predicted octanol–water partition coefficient (Wildman–Crippen LogP) is 1.09. The number of ether oxygens (including phenoxy) is 2. The Balaban J connectivity index is 2.70. The molecule has 0 unspecified atom stereocenters. The molecule has 1 rings (SSSR count). The number of carbonyl (C=O) groups excluding carboxylic acids is 3. The Kier molecular flexibility index (Phi) is 7.08. The molecule has 0 aliphatic carbocycles. The molecule has 0 spiro atoms. The topological polar surface area (TPSA) is 81.7 Å². The van der Waals surface area contributed by atoms with Gasteiger partial charge in [0.15, 0.2) is 0 Å². The van der Waals surface area contributed by atoms with Gasteiger partial charge in [0, 0.05) is 0 Å². The van der Waals surface area contributed by atoms with Crippen molar-refractivity contribution in [2.24, 2.45) is 5.92 Å². The van der Waals surface area contributed by atoms with Crippen molar-refractivity contribution in [3.63, 3.8) is 0 Å². The summed E-state index contributed by atoms with van der Waals surface area (Å²) in [5.41, 5.74) is 0.837. The van der Waals surface area contributed by atoms with Gasteiger partial charge in [0.2, 0.25) is 5.91 Å². The average Bonchev–Trinajstić information content (AvgIpc) is 2.52. The van der Waals surface area contributed by atoms with E-state index in [0.717, 1.165) is 5.56 Å². The van der Waals surface area contributed by atoms with Gasteiger partial charge >= 0.3 is 11.9 Å². The van der Waals surface area contributed by atoms with Crippen molar-refractivity contribution in [1.29, 1.82) is 0 Å².